The van der Waals surface area contributed by atoms with E-state index in [1.165, 1.54) is 29.2 Å². The predicted molar refractivity (Wildman–Crippen MR) is 92.0 cm³/mol. The van der Waals surface area contributed by atoms with E-state index in [1.807, 2.05) is 30.1 Å². The largest absolute Gasteiger partial charge is 0.356 e. The summed E-state index contributed by atoms with van der Waals surface area (Å²) < 4.78 is 0. The number of aliphatic imine (C=N–C) groups is 1. The van der Waals surface area contributed by atoms with E-state index in [1.54, 1.807) is 0 Å². The topological polar surface area (TPSA) is 36.4 Å². The average Bonchev–Trinajstić information content (AvgIpc) is 2.97. The van der Waals surface area contributed by atoms with Crippen LogP contribution in [0.3, 0.4) is 0 Å². The fourth-order valence-corrected chi connectivity index (χ4v) is 4.30. The van der Waals surface area contributed by atoms with Crippen molar-refractivity contribution in [3.05, 3.63) is 22.4 Å². The van der Waals surface area contributed by atoms with Crippen molar-refractivity contribution in [2.75, 3.05) is 25.1 Å². The van der Waals surface area contributed by atoms with E-state index in [2.05, 4.69) is 40.1 Å². The first-order valence-corrected chi connectivity index (χ1v) is 9.38. The Morgan fingerprint density at radius 2 is 2.45 bits per heavy atom. The number of rotatable bonds is 5. The predicted octanol–water partition coefficient (Wildman–Crippen LogP) is 2.99. The molecule has 1 aromatic heterocycles. The Hall–Kier alpha value is -0.680. The van der Waals surface area contributed by atoms with Crippen LogP contribution >= 0.6 is 23.1 Å². The molecule has 2 unspecified atom stereocenters. The SMILES string of the molecule is CN=C(NCC(C)Cc1cccs1)NC1CCCSC1. The first-order chi connectivity index (χ1) is 9.78. The molecule has 0 amide bonds. The van der Waals surface area contributed by atoms with Gasteiger partial charge in [0.15, 0.2) is 5.96 Å². The Bertz CT molecular complexity index is 397. The first-order valence-electron chi connectivity index (χ1n) is 7.35. The number of thioether (sulfide) groups is 1. The van der Waals surface area contributed by atoms with Gasteiger partial charge in [0.25, 0.3) is 0 Å². The van der Waals surface area contributed by atoms with Crippen LogP contribution in [-0.4, -0.2) is 37.1 Å². The van der Waals surface area contributed by atoms with E-state index in [4.69, 9.17) is 0 Å². The third-order valence-corrected chi connectivity index (χ3v) is 5.59. The van der Waals surface area contributed by atoms with Crippen LogP contribution in [0.2, 0.25) is 0 Å². The highest BCUT2D eigenvalue weighted by molar-refractivity contribution is 7.99. The lowest BCUT2D eigenvalue weighted by molar-refractivity contribution is 0.543. The Balaban J connectivity index is 1.70. The van der Waals surface area contributed by atoms with Gasteiger partial charge in [-0.15, -0.1) is 11.3 Å². The second kappa shape index (κ2) is 8.57. The minimum atomic E-state index is 0.576. The summed E-state index contributed by atoms with van der Waals surface area (Å²) in [6.07, 6.45) is 3.72. The zero-order valence-corrected chi connectivity index (χ0v) is 14.0. The van der Waals surface area contributed by atoms with Gasteiger partial charge in [-0.25, -0.2) is 0 Å². The molecule has 1 aromatic rings. The summed E-state index contributed by atoms with van der Waals surface area (Å²) in [6, 6.07) is 4.92. The van der Waals surface area contributed by atoms with Crippen molar-refractivity contribution in [2.24, 2.45) is 10.9 Å². The molecule has 2 N–H and O–H groups in total. The molecule has 2 heterocycles. The van der Waals surface area contributed by atoms with Crippen LogP contribution < -0.4 is 10.6 Å². The van der Waals surface area contributed by atoms with Gasteiger partial charge in [-0.3, -0.25) is 4.99 Å². The maximum atomic E-state index is 4.34. The van der Waals surface area contributed by atoms with Gasteiger partial charge in [0.2, 0.25) is 0 Å². The van der Waals surface area contributed by atoms with E-state index in [0.29, 0.717) is 12.0 Å². The van der Waals surface area contributed by atoms with Crippen molar-refractivity contribution in [1.29, 1.82) is 0 Å². The molecule has 20 heavy (non-hydrogen) atoms. The second-order valence-corrected chi connectivity index (χ2v) is 7.58. The molecule has 112 valence electrons. The van der Waals surface area contributed by atoms with Crippen molar-refractivity contribution in [1.82, 2.24) is 10.6 Å². The zero-order valence-electron chi connectivity index (χ0n) is 12.4. The third kappa shape index (κ3) is 5.37. The van der Waals surface area contributed by atoms with Crippen molar-refractivity contribution in [3.63, 3.8) is 0 Å². The zero-order chi connectivity index (χ0) is 14.2. The Morgan fingerprint density at radius 3 is 3.10 bits per heavy atom. The fourth-order valence-electron chi connectivity index (χ4n) is 2.36. The van der Waals surface area contributed by atoms with Gasteiger partial charge in [-0.05, 0) is 42.4 Å². The lowest BCUT2D eigenvalue weighted by atomic mass is 10.1. The number of guanidine groups is 1. The van der Waals surface area contributed by atoms with Crippen LogP contribution in [0.5, 0.6) is 0 Å². The molecule has 0 spiro atoms. The van der Waals surface area contributed by atoms with Crippen molar-refractivity contribution >= 4 is 29.1 Å². The van der Waals surface area contributed by atoms with Gasteiger partial charge in [-0.2, -0.15) is 11.8 Å². The summed E-state index contributed by atoms with van der Waals surface area (Å²) in [5.41, 5.74) is 0. The van der Waals surface area contributed by atoms with Gasteiger partial charge < -0.3 is 10.6 Å². The number of thiophene rings is 1. The number of nitrogens with one attached hydrogen (secondary N) is 2. The van der Waals surface area contributed by atoms with E-state index in [-0.39, 0.29) is 0 Å². The summed E-state index contributed by atoms with van der Waals surface area (Å²) in [5, 5.41) is 9.15. The smallest absolute Gasteiger partial charge is 0.191 e. The van der Waals surface area contributed by atoms with Crippen LogP contribution in [-0.2, 0) is 6.42 Å². The van der Waals surface area contributed by atoms with Crippen LogP contribution in [0, 0.1) is 5.92 Å². The molecule has 0 saturated carbocycles. The maximum Gasteiger partial charge on any atom is 0.191 e. The highest BCUT2D eigenvalue weighted by Gasteiger charge is 2.15. The second-order valence-electron chi connectivity index (χ2n) is 5.40. The molecule has 1 saturated heterocycles. The van der Waals surface area contributed by atoms with Gasteiger partial charge >= 0.3 is 0 Å². The molecule has 0 radical (unpaired) electrons. The van der Waals surface area contributed by atoms with E-state index in [9.17, 15) is 0 Å². The molecule has 1 aliphatic heterocycles. The quantitative estimate of drug-likeness (QED) is 0.648. The van der Waals surface area contributed by atoms with Crippen LogP contribution in [0.25, 0.3) is 0 Å². The molecule has 0 bridgehead atoms. The summed E-state index contributed by atoms with van der Waals surface area (Å²) in [6.45, 7) is 3.26. The Morgan fingerprint density at radius 1 is 1.55 bits per heavy atom. The van der Waals surface area contributed by atoms with Crippen LogP contribution in [0.15, 0.2) is 22.5 Å². The van der Waals surface area contributed by atoms with Crippen molar-refractivity contribution < 1.29 is 0 Å². The van der Waals surface area contributed by atoms with Gasteiger partial charge in [0.1, 0.15) is 0 Å². The average molecular weight is 312 g/mol. The van der Waals surface area contributed by atoms with E-state index >= 15 is 0 Å². The van der Waals surface area contributed by atoms with Gasteiger partial charge in [0.05, 0.1) is 0 Å². The van der Waals surface area contributed by atoms with Gasteiger partial charge in [-0.1, -0.05) is 13.0 Å². The first kappa shape index (κ1) is 15.7. The highest BCUT2D eigenvalue weighted by atomic mass is 32.2. The van der Waals surface area contributed by atoms with Crippen LogP contribution in [0.4, 0.5) is 0 Å². The van der Waals surface area contributed by atoms with Gasteiger partial charge in [0, 0.05) is 30.3 Å². The van der Waals surface area contributed by atoms with Crippen molar-refractivity contribution in [2.45, 2.75) is 32.2 Å². The number of nitrogens with zero attached hydrogens (tertiary/aromatic N) is 1. The Labute approximate surface area is 130 Å². The monoisotopic (exact) mass is 311 g/mol. The number of hydrogen-bond acceptors (Lipinski definition) is 3. The molecule has 0 aromatic carbocycles. The molecule has 1 fully saturated rings. The lowest BCUT2D eigenvalue weighted by Gasteiger charge is -2.25. The van der Waals surface area contributed by atoms with Crippen molar-refractivity contribution in [3.8, 4) is 0 Å². The van der Waals surface area contributed by atoms with E-state index < -0.39 is 0 Å². The third-order valence-electron chi connectivity index (χ3n) is 3.47. The Kier molecular flexibility index (Phi) is 6.73. The van der Waals surface area contributed by atoms with E-state index in [0.717, 1.165) is 18.9 Å². The standard InChI is InChI=1S/C15H25N3S2/c1-12(9-14-6-4-8-20-14)10-17-15(16-2)18-13-5-3-7-19-11-13/h4,6,8,12-13H,3,5,7,9-11H2,1-2H3,(H2,16,17,18). The van der Waals surface area contributed by atoms with Crippen LogP contribution in [0.1, 0.15) is 24.6 Å². The summed E-state index contributed by atoms with van der Waals surface area (Å²) in [5.74, 6) is 4.08. The normalized spacial score (nSPS) is 21.5. The maximum absolute atomic E-state index is 4.34. The highest BCUT2D eigenvalue weighted by Crippen LogP contribution is 2.17. The molecular formula is C15H25N3S2. The molecule has 1 aliphatic rings. The summed E-state index contributed by atoms with van der Waals surface area (Å²) in [7, 11) is 1.86. The molecule has 2 atom stereocenters. The minimum Gasteiger partial charge on any atom is -0.356 e. The molecule has 0 aliphatic carbocycles. The summed E-state index contributed by atoms with van der Waals surface area (Å²) in [4.78, 5) is 5.80. The molecule has 3 nitrogen and oxygen atoms in total. The minimum absolute atomic E-state index is 0.576. The fraction of sp³-hybridized carbons (Fsp3) is 0.667. The molecular weight excluding hydrogens is 286 g/mol. The lowest BCUT2D eigenvalue weighted by Crippen LogP contribution is -2.46. The molecule has 5 heteroatoms. The molecule has 2 rings (SSSR count). The number of hydrogen-bond donors (Lipinski definition) is 2. The summed E-state index contributed by atoms with van der Waals surface area (Å²) >= 11 is 3.88.